The number of β-amino-alcohol motifs (C(OH)–C–C–N with tert-alkyl or cyclic N) is 1. The predicted molar refractivity (Wildman–Crippen MR) is 34.6 cm³/mol. The standard InChI is InChI=1S/C6H13NO3/c1-4-2-5(8)6(9)3-7(4)10/h4-6,8-10H,2-3H2,1H3. The highest BCUT2D eigenvalue weighted by molar-refractivity contribution is 4.80. The average molecular weight is 147 g/mol. The van der Waals surface area contributed by atoms with Crippen molar-refractivity contribution >= 4 is 0 Å². The van der Waals surface area contributed by atoms with Gasteiger partial charge in [-0.25, -0.2) is 0 Å². The molecule has 0 aromatic carbocycles. The minimum Gasteiger partial charge on any atom is -0.390 e. The van der Waals surface area contributed by atoms with Gasteiger partial charge in [-0.2, -0.15) is 5.06 Å². The highest BCUT2D eigenvalue weighted by Gasteiger charge is 2.29. The van der Waals surface area contributed by atoms with Crippen molar-refractivity contribution in [2.45, 2.75) is 31.6 Å². The fraction of sp³-hybridized carbons (Fsp3) is 1.00. The quantitative estimate of drug-likeness (QED) is 0.419. The van der Waals surface area contributed by atoms with Crippen molar-refractivity contribution in [3.8, 4) is 0 Å². The van der Waals surface area contributed by atoms with E-state index in [-0.39, 0.29) is 12.6 Å². The molecule has 0 radical (unpaired) electrons. The first-order valence-electron chi connectivity index (χ1n) is 3.43. The molecule has 1 aliphatic heterocycles. The summed E-state index contributed by atoms with van der Waals surface area (Å²) in [5, 5.41) is 28.2. The summed E-state index contributed by atoms with van der Waals surface area (Å²) < 4.78 is 0. The summed E-state index contributed by atoms with van der Waals surface area (Å²) >= 11 is 0. The van der Waals surface area contributed by atoms with Crippen LogP contribution < -0.4 is 0 Å². The van der Waals surface area contributed by atoms with Gasteiger partial charge < -0.3 is 15.4 Å². The van der Waals surface area contributed by atoms with E-state index in [1.54, 1.807) is 6.92 Å². The second kappa shape index (κ2) is 2.84. The molecule has 1 fully saturated rings. The van der Waals surface area contributed by atoms with E-state index in [0.717, 1.165) is 5.06 Å². The van der Waals surface area contributed by atoms with Crippen LogP contribution in [0.2, 0.25) is 0 Å². The smallest absolute Gasteiger partial charge is 0.0949 e. The maximum Gasteiger partial charge on any atom is 0.0949 e. The number of aliphatic hydroxyl groups excluding tert-OH is 2. The fourth-order valence-corrected chi connectivity index (χ4v) is 1.12. The van der Waals surface area contributed by atoms with Crippen LogP contribution >= 0.6 is 0 Å². The lowest BCUT2D eigenvalue weighted by Gasteiger charge is -2.34. The molecule has 0 amide bonds. The lowest BCUT2D eigenvalue weighted by Crippen LogP contribution is -2.49. The summed E-state index contributed by atoms with van der Waals surface area (Å²) in [5.41, 5.74) is 0. The van der Waals surface area contributed by atoms with Crippen LogP contribution in [-0.4, -0.2) is 45.3 Å². The van der Waals surface area contributed by atoms with Gasteiger partial charge in [0.05, 0.1) is 18.8 Å². The summed E-state index contributed by atoms with van der Waals surface area (Å²) in [4.78, 5) is 0. The topological polar surface area (TPSA) is 63.9 Å². The summed E-state index contributed by atoms with van der Waals surface area (Å²) in [6.07, 6.45) is -1.06. The molecule has 0 bridgehead atoms. The van der Waals surface area contributed by atoms with Gasteiger partial charge in [0.2, 0.25) is 0 Å². The van der Waals surface area contributed by atoms with E-state index in [0.29, 0.717) is 6.42 Å². The molecule has 1 rings (SSSR count). The third-order valence-electron chi connectivity index (χ3n) is 1.91. The Morgan fingerprint density at radius 2 is 1.90 bits per heavy atom. The maximum atomic E-state index is 9.08. The van der Waals surface area contributed by atoms with E-state index in [4.69, 9.17) is 15.4 Å². The van der Waals surface area contributed by atoms with Crippen LogP contribution in [0, 0.1) is 0 Å². The Morgan fingerprint density at radius 1 is 1.30 bits per heavy atom. The molecule has 3 unspecified atom stereocenters. The van der Waals surface area contributed by atoms with E-state index in [2.05, 4.69) is 0 Å². The Labute approximate surface area is 59.7 Å². The van der Waals surface area contributed by atoms with Crippen LogP contribution in [0.15, 0.2) is 0 Å². The van der Waals surface area contributed by atoms with Crippen molar-refractivity contribution < 1.29 is 15.4 Å². The molecule has 0 spiro atoms. The normalized spacial score (nSPS) is 43.8. The Bertz CT molecular complexity index is 93.6. The monoisotopic (exact) mass is 147 g/mol. The molecule has 1 aliphatic rings. The SMILES string of the molecule is CC1CC(O)C(O)CN1O. The molecule has 0 aromatic heterocycles. The van der Waals surface area contributed by atoms with Gasteiger partial charge in [0.15, 0.2) is 0 Å². The third-order valence-corrected chi connectivity index (χ3v) is 1.91. The molecular formula is C6H13NO3. The van der Waals surface area contributed by atoms with E-state index < -0.39 is 12.2 Å². The molecule has 1 saturated heterocycles. The molecule has 60 valence electrons. The molecular weight excluding hydrogens is 134 g/mol. The molecule has 4 nitrogen and oxygen atoms in total. The van der Waals surface area contributed by atoms with Gasteiger partial charge >= 0.3 is 0 Å². The van der Waals surface area contributed by atoms with Crippen LogP contribution in [-0.2, 0) is 0 Å². The van der Waals surface area contributed by atoms with E-state index in [1.807, 2.05) is 0 Å². The molecule has 10 heavy (non-hydrogen) atoms. The molecule has 4 heteroatoms. The fourth-order valence-electron chi connectivity index (χ4n) is 1.12. The molecule has 0 aromatic rings. The first-order chi connectivity index (χ1) is 4.61. The number of aliphatic hydroxyl groups is 2. The Hall–Kier alpha value is -0.160. The van der Waals surface area contributed by atoms with Gasteiger partial charge in [0.25, 0.3) is 0 Å². The highest BCUT2D eigenvalue weighted by Crippen LogP contribution is 2.14. The second-order valence-electron chi connectivity index (χ2n) is 2.84. The van der Waals surface area contributed by atoms with Gasteiger partial charge in [-0.05, 0) is 13.3 Å². The van der Waals surface area contributed by atoms with Crippen molar-refractivity contribution in [2.75, 3.05) is 6.54 Å². The summed E-state index contributed by atoms with van der Waals surface area (Å²) in [7, 11) is 0. The van der Waals surface area contributed by atoms with Crippen molar-refractivity contribution in [3.63, 3.8) is 0 Å². The first-order valence-corrected chi connectivity index (χ1v) is 3.43. The number of hydroxylamine groups is 2. The van der Waals surface area contributed by atoms with Crippen LogP contribution in [0.25, 0.3) is 0 Å². The zero-order valence-electron chi connectivity index (χ0n) is 5.94. The summed E-state index contributed by atoms with van der Waals surface area (Å²) in [6, 6.07) is -0.0570. The second-order valence-corrected chi connectivity index (χ2v) is 2.84. The van der Waals surface area contributed by atoms with Crippen molar-refractivity contribution in [1.29, 1.82) is 0 Å². The van der Waals surface area contributed by atoms with Crippen LogP contribution in [0.3, 0.4) is 0 Å². The number of rotatable bonds is 0. The average Bonchev–Trinajstić information content (AvgIpc) is 1.84. The zero-order valence-corrected chi connectivity index (χ0v) is 5.94. The molecule has 0 saturated carbocycles. The minimum atomic E-state index is -0.804. The van der Waals surface area contributed by atoms with E-state index in [1.165, 1.54) is 0 Å². The largest absolute Gasteiger partial charge is 0.390 e. The van der Waals surface area contributed by atoms with Gasteiger partial charge in [0, 0.05) is 6.04 Å². The van der Waals surface area contributed by atoms with Gasteiger partial charge in [0.1, 0.15) is 0 Å². The Kier molecular flexibility index (Phi) is 2.25. The Morgan fingerprint density at radius 3 is 2.40 bits per heavy atom. The minimum absolute atomic E-state index is 0.0570. The third kappa shape index (κ3) is 1.46. The molecule has 3 N–H and O–H groups in total. The van der Waals surface area contributed by atoms with E-state index >= 15 is 0 Å². The summed E-state index contributed by atoms with van der Waals surface area (Å²) in [5.74, 6) is 0. The van der Waals surface area contributed by atoms with Crippen LogP contribution in [0.5, 0.6) is 0 Å². The molecule has 0 aliphatic carbocycles. The zero-order chi connectivity index (χ0) is 7.72. The van der Waals surface area contributed by atoms with Gasteiger partial charge in [-0.1, -0.05) is 0 Å². The number of nitrogens with zero attached hydrogens (tertiary/aromatic N) is 1. The number of hydrogen-bond acceptors (Lipinski definition) is 4. The lowest BCUT2D eigenvalue weighted by atomic mass is 10.0. The van der Waals surface area contributed by atoms with Crippen molar-refractivity contribution in [3.05, 3.63) is 0 Å². The number of piperidine rings is 1. The van der Waals surface area contributed by atoms with Crippen molar-refractivity contribution in [1.82, 2.24) is 5.06 Å². The molecule has 3 atom stereocenters. The van der Waals surface area contributed by atoms with E-state index in [9.17, 15) is 0 Å². The molecule has 1 heterocycles. The maximum absolute atomic E-state index is 9.08. The van der Waals surface area contributed by atoms with Gasteiger partial charge in [-0.3, -0.25) is 0 Å². The lowest BCUT2D eigenvalue weighted by molar-refractivity contribution is -0.188. The van der Waals surface area contributed by atoms with Crippen molar-refractivity contribution in [2.24, 2.45) is 0 Å². The predicted octanol–water partition coefficient (Wildman–Crippen LogP) is -0.808. The van der Waals surface area contributed by atoms with Crippen LogP contribution in [0.1, 0.15) is 13.3 Å². The first kappa shape index (κ1) is 7.94. The highest BCUT2D eigenvalue weighted by atomic mass is 16.5. The Balaban J connectivity index is 2.46. The van der Waals surface area contributed by atoms with Crippen LogP contribution in [0.4, 0.5) is 0 Å². The van der Waals surface area contributed by atoms with Gasteiger partial charge in [-0.15, -0.1) is 0 Å². The summed E-state index contributed by atoms with van der Waals surface area (Å²) in [6.45, 7) is 1.94. The number of hydrogen-bond donors (Lipinski definition) is 3.